The lowest BCUT2D eigenvalue weighted by atomic mass is 10.0. The van der Waals surface area contributed by atoms with Crippen molar-refractivity contribution in [2.75, 3.05) is 19.6 Å². The maximum atomic E-state index is 13.6. The molecule has 0 aliphatic carbocycles. The Morgan fingerprint density at radius 3 is 2.91 bits per heavy atom. The topological polar surface area (TPSA) is 58.4 Å². The molecule has 1 heterocycles. The zero-order chi connectivity index (χ0) is 15.9. The molecule has 0 saturated carbocycles. The highest BCUT2D eigenvalue weighted by Gasteiger charge is 2.23. The molecular formula is C16H24BrClFN3O. The van der Waals surface area contributed by atoms with Gasteiger partial charge in [-0.15, -0.1) is 12.4 Å². The Balaban J connectivity index is 0.00000264. The molecule has 0 aromatic heterocycles. The zero-order valence-electron chi connectivity index (χ0n) is 13.1. The van der Waals surface area contributed by atoms with E-state index in [1.54, 1.807) is 12.1 Å². The van der Waals surface area contributed by atoms with Crippen molar-refractivity contribution in [3.05, 3.63) is 34.1 Å². The number of benzene rings is 1. The zero-order valence-corrected chi connectivity index (χ0v) is 15.5. The smallest absolute Gasteiger partial charge is 0.221 e. The molecule has 0 radical (unpaired) electrons. The van der Waals surface area contributed by atoms with Crippen LogP contribution >= 0.6 is 28.3 Å². The SMILES string of the molecule is Cl.NCCC(=O)NCC1CCCCN1Cc1ccc(Br)c(F)c1. The van der Waals surface area contributed by atoms with Crippen LogP contribution in [0.25, 0.3) is 0 Å². The summed E-state index contributed by atoms with van der Waals surface area (Å²) in [4.78, 5) is 13.9. The lowest BCUT2D eigenvalue weighted by Gasteiger charge is -2.36. The predicted molar refractivity (Wildman–Crippen MR) is 96.1 cm³/mol. The number of nitrogens with zero attached hydrogens (tertiary/aromatic N) is 1. The van der Waals surface area contributed by atoms with Gasteiger partial charge in [0.2, 0.25) is 5.91 Å². The van der Waals surface area contributed by atoms with Gasteiger partial charge in [0.05, 0.1) is 4.47 Å². The van der Waals surface area contributed by atoms with Crippen molar-refractivity contribution in [1.29, 1.82) is 0 Å². The normalized spacial score (nSPS) is 18.3. The summed E-state index contributed by atoms with van der Waals surface area (Å²) in [7, 11) is 0. The third-order valence-corrected chi connectivity index (χ3v) is 4.67. The molecule has 1 aliphatic heterocycles. The van der Waals surface area contributed by atoms with Gasteiger partial charge in [0, 0.05) is 32.1 Å². The summed E-state index contributed by atoms with van der Waals surface area (Å²) < 4.78 is 14.1. The molecule has 130 valence electrons. The van der Waals surface area contributed by atoms with Crippen LogP contribution in [-0.2, 0) is 11.3 Å². The van der Waals surface area contributed by atoms with E-state index in [4.69, 9.17) is 5.73 Å². The average molecular weight is 409 g/mol. The van der Waals surface area contributed by atoms with Gasteiger partial charge in [-0.3, -0.25) is 9.69 Å². The second kappa shape index (κ2) is 10.2. The van der Waals surface area contributed by atoms with Crippen LogP contribution in [0.1, 0.15) is 31.2 Å². The minimum absolute atomic E-state index is 0. The van der Waals surface area contributed by atoms with Gasteiger partial charge in [-0.05, 0) is 53.0 Å². The quantitative estimate of drug-likeness (QED) is 0.761. The van der Waals surface area contributed by atoms with Crippen LogP contribution in [0.5, 0.6) is 0 Å². The van der Waals surface area contributed by atoms with Gasteiger partial charge >= 0.3 is 0 Å². The van der Waals surface area contributed by atoms with Gasteiger partial charge in [0.15, 0.2) is 0 Å². The second-order valence-corrected chi connectivity index (χ2v) is 6.57. The first kappa shape index (κ1) is 20.4. The van der Waals surface area contributed by atoms with Gasteiger partial charge < -0.3 is 11.1 Å². The number of halogens is 3. The van der Waals surface area contributed by atoms with Crippen molar-refractivity contribution >= 4 is 34.2 Å². The number of carbonyl (C=O) groups excluding carboxylic acids is 1. The number of likely N-dealkylation sites (tertiary alicyclic amines) is 1. The Bertz CT molecular complexity index is 518. The van der Waals surface area contributed by atoms with Gasteiger partial charge in [0.25, 0.3) is 0 Å². The minimum Gasteiger partial charge on any atom is -0.354 e. The molecule has 2 rings (SSSR count). The summed E-state index contributed by atoms with van der Waals surface area (Å²) in [6.45, 7) is 2.70. The fraction of sp³-hybridized carbons (Fsp3) is 0.562. The van der Waals surface area contributed by atoms with E-state index < -0.39 is 0 Å². The van der Waals surface area contributed by atoms with Crippen molar-refractivity contribution < 1.29 is 9.18 Å². The van der Waals surface area contributed by atoms with Crippen LogP contribution in [0.15, 0.2) is 22.7 Å². The molecule has 1 fully saturated rings. The molecular weight excluding hydrogens is 385 g/mol. The molecule has 1 aromatic carbocycles. The van der Waals surface area contributed by atoms with Gasteiger partial charge in [0.1, 0.15) is 5.82 Å². The van der Waals surface area contributed by atoms with E-state index in [0.717, 1.165) is 24.9 Å². The van der Waals surface area contributed by atoms with Crippen molar-refractivity contribution in [3.63, 3.8) is 0 Å². The molecule has 1 atom stereocenters. The van der Waals surface area contributed by atoms with Crippen LogP contribution in [0, 0.1) is 5.82 Å². The van der Waals surface area contributed by atoms with Crippen LogP contribution in [-0.4, -0.2) is 36.5 Å². The van der Waals surface area contributed by atoms with Crippen molar-refractivity contribution in [2.45, 2.75) is 38.3 Å². The molecule has 1 saturated heterocycles. The van der Waals surface area contributed by atoms with Gasteiger partial charge in [-0.2, -0.15) is 0 Å². The number of amides is 1. The Labute approximate surface area is 151 Å². The molecule has 0 spiro atoms. The fourth-order valence-corrected chi connectivity index (χ4v) is 3.07. The molecule has 1 aliphatic rings. The van der Waals surface area contributed by atoms with Crippen molar-refractivity contribution in [3.8, 4) is 0 Å². The van der Waals surface area contributed by atoms with E-state index in [-0.39, 0.29) is 24.1 Å². The van der Waals surface area contributed by atoms with Gasteiger partial charge in [-0.1, -0.05) is 12.5 Å². The summed E-state index contributed by atoms with van der Waals surface area (Å²) in [6, 6.07) is 5.56. The van der Waals surface area contributed by atoms with Crippen LogP contribution in [0.2, 0.25) is 0 Å². The first-order valence-corrected chi connectivity index (χ1v) is 8.54. The van der Waals surface area contributed by atoms with E-state index in [2.05, 4.69) is 26.1 Å². The number of nitrogens with two attached hydrogens (primary N) is 1. The Kier molecular flexibility index (Phi) is 9.06. The summed E-state index contributed by atoms with van der Waals surface area (Å²) in [5.41, 5.74) is 6.34. The summed E-state index contributed by atoms with van der Waals surface area (Å²) >= 11 is 3.18. The first-order valence-electron chi connectivity index (χ1n) is 7.75. The minimum atomic E-state index is -0.234. The number of hydrogen-bond donors (Lipinski definition) is 2. The van der Waals surface area contributed by atoms with Crippen molar-refractivity contribution in [2.24, 2.45) is 5.73 Å². The largest absolute Gasteiger partial charge is 0.354 e. The molecule has 0 bridgehead atoms. The molecule has 1 unspecified atom stereocenters. The average Bonchev–Trinajstić information content (AvgIpc) is 2.50. The Morgan fingerprint density at radius 1 is 1.43 bits per heavy atom. The van der Waals surface area contributed by atoms with Crippen LogP contribution in [0.3, 0.4) is 0 Å². The monoisotopic (exact) mass is 407 g/mol. The van der Waals surface area contributed by atoms with E-state index >= 15 is 0 Å². The van der Waals surface area contributed by atoms with E-state index in [9.17, 15) is 9.18 Å². The van der Waals surface area contributed by atoms with Crippen molar-refractivity contribution in [1.82, 2.24) is 10.2 Å². The molecule has 1 aromatic rings. The summed E-state index contributed by atoms with van der Waals surface area (Å²) in [5.74, 6) is -0.231. The Morgan fingerprint density at radius 2 is 2.22 bits per heavy atom. The number of hydrogen-bond acceptors (Lipinski definition) is 3. The van der Waals surface area contributed by atoms with Gasteiger partial charge in [-0.25, -0.2) is 4.39 Å². The standard InChI is InChI=1S/C16H23BrFN3O.ClH/c17-14-5-4-12(9-15(14)18)11-21-8-2-1-3-13(21)10-20-16(22)6-7-19;/h4-5,9,13H,1-3,6-8,10-11,19H2,(H,20,22);1H. The van der Waals surface area contributed by atoms with Crippen LogP contribution in [0.4, 0.5) is 4.39 Å². The van der Waals surface area contributed by atoms with Crippen LogP contribution < -0.4 is 11.1 Å². The first-order chi connectivity index (χ1) is 10.6. The molecule has 1 amide bonds. The van der Waals surface area contributed by atoms with E-state index in [0.29, 0.717) is 36.6 Å². The number of nitrogens with one attached hydrogen (secondary N) is 1. The fourth-order valence-electron chi connectivity index (χ4n) is 2.82. The predicted octanol–water partition coefficient (Wildman–Crippen LogP) is 2.83. The van der Waals surface area contributed by atoms with E-state index in [1.165, 1.54) is 6.42 Å². The van der Waals surface area contributed by atoms with E-state index in [1.807, 2.05) is 6.07 Å². The highest BCUT2D eigenvalue weighted by molar-refractivity contribution is 9.10. The highest BCUT2D eigenvalue weighted by Crippen LogP contribution is 2.22. The lowest BCUT2D eigenvalue weighted by molar-refractivity contribution is -0.121. The third kappa shape index (κ3) is 6.37. The summed E-state index contributed by atoms with van der Waals surface area (Å²) in [5, 5.41) is 2.95. The Hall–Kier alpha value is -0.690. The third-order valence-electron chi connectivity index (χ3n) is 4.03. The molecule has 23 heavy (non-hydrogen) atoms. The summed E-state index contributed by atoms with van der Waals surface area (Å²) in [6.07, 6.45) is 3.74. The lowest BCUT2D eigenvalue weighted by Crippen LogP contribution is -2.46. The number of rotatable bonds is 6. The second-order valence-electron chi connectivity index (χ2n) is 5.71. The maximum Gasteiger partial charge on any atom is 0.221 e. The molecule has 4 nitrogen and oxygen atoms in total. The number of piperidine rings is 1. The number of carbonyl (C=O) groups is 1. The molecule has 3 N–H and O–H groups in total. The maximum absolute atomic E-state index is 13.6. The highest BCUT2D eigenvalue weighted by atomic mass is 79.9. The molecule has 7 heteroatoms.